The monoisotopic (exact) mass is 400 g/mol. The predicted octanol–water partition coefficient (Wildman–Crippen LogP) is 3.82. The van der Waals surface area contributed by atoms with Crippen LogP contribution in [0.2, 0.25) is 0 Å². The van der Waals surface area contributed by atoms with Crippen LogP contribution in [0.25, 0.3) is 5.70 Å². The fourth-order valence-corrected chi connectivity index (χ4v) is 3.00. The maximum atomic E-state index is 12.1. The number of para-hydroxylation sites is 1. The first-order valence-corrected chi connectivity index (χ1v) is 8.56. The van der Waals surface area contributed by atoms with Crippen molar-refractivity contribution in [2.24, 2.45) is 0 Å². The van der Waals surface area contributed by atoms with Crippen LogP contribution in [0.3, 0.4) is 0 Å². The largest absolute Gasteiger partial charge is 0.426 e. The number of ether oxygens (including phenoxy) is 1. The highest BCUT2D eigenvalue weighted by Gasteiger charge is 2.29. The molecular weight excluding hydrogens is 384 g/mol. The highest BCUT2D eigenvalue weighted by molar-refractivity contribution is 9.10. The van der Waals surface area contributed by atoms with Gasteiger partial charge in [0.05, 0.1) is 11.7 Å². The molecule has 5 nitrogen and oxygen atoms in total. The van der Waals surface area contributed by atoms with Crippen molar-refractivity contribution in [3.63, 3.8) is 0 Å². The molecule has 3 rings (SSSR count). The number of halogens is 1. The zero-order valence-corrected chi connectivity index (χ0v) is 15.4. The minimum Gasteiger partial charge on any atom is -0.426 e. The third kappa shape index (κ3) is 3.74. The lowest BCUT2D eigenvalue weighted by Crippen LogP contribution is -2.37. The van der Waals surface area contributed by atoms with Gasteiger partial charge in [0.25, 0.3) is 0 Å². The Morgan fingerprint density at radius 1 is 1.08 bits per heavy atom. The molecule has 1 N–H and O–H groups in total. The first-order valence-electron chi connectivity index (χ1n) is 7.77. The molecular formula is C19H17BrN2O3. The fraction of sp³-hybridized carbons (Fsp3) is 0.158. The number of rotatable bonds is 3. The second kappa shape index (κ2) is 7.11. The number of hydrogen-bond acceptors (Lipinski definition) is 4. The van der Waals surface area contributed by atoms with Crippen LogP contribution in [0, 0.1) is 0 Å². The van der Waals surface area contributed by atoms with Crippen molar-refractivity contribution in [2.45, 2.75) is 19.9 Å². The summed E-state index contributed by atoms with van der Waals surface area (Å²) in [6, 6.07) is 14.8. The second-order valence-corrected chi connectivity index (χ2v) is 6.58. The molecule has 0 saturated heterocycles. The zero-order valence-electron chi connectivity index (χ0n) is 13.8. The van der Waals surface area contributed by atoms with Gasteiger partial charge in [0.15, 0.2) is 0 Å². The molecule has 25 heavy (non-hydrogen) atoms. The van der Waals surface area contributed by atoms with E-state index in [9.17, 15) is 9.59 Å². The maximum absolute atomic E-state index is 12.1. The topological polar surface area (TPSA) is 58.6 Å². The molecule has 0 saturated carbocycles. The van der Waals surface area contributed by atoms with Crippen molar-refractivity contribution >= 4 is 33.5 Å². The van der Waals surface area contributed by atoms with Gasteiger partial charge in [-0.2, -0.15) is 0 Å². The lowest BCUT2D eigenvalue weighted by atomic mass is 10.0. The third-order valence-corrected chi connectivity index (χ3v) is 4.35. The quantitative estimate of drug-likeness (QED) is 0.628. The van der Waals surface area contributed by atoms with Gasteiger partial charge < -0.3 is 4.74 Å². The highest BCUT2D eigenvalue weighted by Crippen LogP contribution is 2.35. The molecule has 0 fully saturated rings. The van der Waals surface area contributed by atoms with Crippen LogP contribution < -0.4 is 10.2 Å². The summed E-state index contributed by atoms with van der Waals surface area (Å²) in [6.45, 7) is 2.87. The van der Waals surface area contributed by atoms with Gasteiger partial charge in [-0.25, -0.2) is 5.01 Å². The Balaban J connectivity index is 2.00. The summed E-state index contributed by atoms with van der Waals surface area (Å²) in [6.07, 6.45) is 1.95. The second-order valence-electron chi connectivity index (χ2n) is 5.67. The number of amides is 1. The SMILES string of the molecule is CC(=O)Oc1ccccc1C1=C[C@H](c2ccc(Br)cc2)N(C(C)=O)N1. The number of carbonyl (C=O) groups is 2. The normalized spacial score (nSPS) is 16.2. The van der Waals surface area contributed by atoms with E-state index in [4.69, 9.17) is 4.74 Å². The van der Waals surface area contributed by atoms with E-state index in [1.165, 1.54) is 13.8 Å². The summed E-state index contributed by atoms with van der Waals surface area (Å²) in [4.78, 5) is 23.4. The molecule has 0 bridgehead atoms. The van der Waals surface area contributed by atoms with Crippen LogP contribution >= 0.6 is 15.9 Å². The number of hydrogen-bond donors (Lipinski definition) is 1. The van der Waals surface area contributed by atoms with Crippen LogP contribution in [-0.2, 0) is 9.59 Å². The maximum Gasteiger partial charge on any atom is 0.308 e. The summed E-state index contributed by atoms with van der Waals surface area (Å²) in [7, 11) is 0. The minimum atomic E-state index is -0.390. The number of benzene rings is 2. The number of esters is 1. The van der Waals surface area contributed by atoms with Crippen LogP contribution in [-0.4, -0.2) is 16.9 Å². The molecule has 128 valence electrons. The van der Waals surface area contributed by atoms with Crippen molar-refractivity contribution < 1.29 is 14.3 Å². The highest BCUT2D eigenvalue weighted by atomic mass is 79.9. The molecule has 1 amide bonds. The van der Waals surface area contributed by atoms with Crippen molar-refractivity contribution in [1.29, 1.82) is 0 Å². The van der Waals surface area contributed by atoms with Gasteiger partial charge in [-0.3, -0.25) is 15.0 Å². The molecule has 0 radical (unpaired) electrons. The van der Waals surface area contributed by atoms with Gasteiger partial charge >= 0.3 is 5.97 Å². The Bertz CT molecular complexity index is 846. The van der Waals surface area contributed by atoms with Gasteiger partial charge in [0, 0.05) is 23.9 Å². The molecule has 1 atom stereocenters. The molecule has 1 aliphatic heterocycles. The molecule has 0 aromatic heterocycles. The van der Waals surface area contributed by atoms with Gasteiger partial charge in [-0.05, 0) is 35.9 Å². The molecule has 2 aromatic carbocycles. The van der Waals surface area contributed by atoms with Crippen LogP contribution in [0.1, 0.15) is 31.0 Å². The standard InChI is InChI=1S/C19H17BrN2O3/c1-12(23)22-18(14-7-9-15(20)10-8-14)11-17(21-22)16-5-3-4-6-19(16)25-13(2)24/h3-11,18,21H,1-2H3/t18-/m1/s1. The van der Waals surface area contributed by atoms with Gasteiger partial charge in [-0.1, -0.05) is 40.2 Å². The Hall–Kier alpha value is -2.60. The van der Waals surface area contributed by atoms with E-state index in [0.717, 1.165) is 21.3 Å². The summed E-state index contributed by atoms with van der Waals surface area (Å²) in [5.41, 5.74) is 5.55. The fourth-order valence-electron chi connectivity index (χ4n) is 2.73. The number of carbonyl (C=O) groups excluding carboxylic acids is 2. The molecule has 0 aliphatic carbocycles. The van der Waals surface area contributed by atoms with E-state index < -0.39 is 0 Å². The van der Waals surface area contributed by atoms with Gasteiger partial charge in [0.1, 0.15) is 5.75 Å². The zero-order chi connectivity index (χ0) is 18.0. The number of nitrogens with zero attached hydrogens (tertiary/aromatic N) is 1. The Kier molecular flexibility index (Phi) is 4.90. The van der Waals surface area contributed by atoms with Crippen molar-refractivity contribution in [3.05, 3.63) is 70.2 Å². The lowest BCUT2D eigenvalue weighted by molar-refractivity contribution is -0.133. The van der Waals surface area contributed by atoms with E-state index in [-0.39, 0.29) is 17.9 Å². The summed E-state index contributed by atoms with van der Waals surface area (Å²) in [5.74, 6) is -0.0447. The van der Waals surface area contributed by atoms with Crippen LogP contribution in [0.4, 0.5) is 0 Å². The molecule has 0 unspecified atom stereocenters. The Labute approximate surface area is 154 Å². The molecule has 6 heteroatoms. The number of hydrazine groups is 1. The van der Waals surface area contributed by atoms with E-state index in [1.54, 1.807) is 17.1 Å². The average Bonchev–Trinajstić information content (AvgIpc) is 3.01. The first kappa shape index (κ1) is 17.2. The van der Waals surface area contributed by atoms with Crippen LogP contribution in [0.15, 0.2) is 59.1 Å². The Morgan fingerprint density at radius 3 is 2.40 bits per heavy atom. The van der Waals surface area contributed by atoms with Crippen molar-refractivity contribution in [1.82, 2.24) is 10.4 Å². The lowest BCUT2D eigenvalue weighted by Gasteiger charge is -2.24. The van der Waals surface area contributed by atoms with Gasteiger partial charge in [0.2, 0.25) is 5.91 Å². The minimum absolute atomic E-state index is 0.107. The summed E-state index contributed by atoms with van der Waals surface area (Å²) in [5, 5.41) is 1.56. The van der Waals surface area contributed by atoms with Crippen LogP contribution in [0.5, 0.6) is 5.75 Å². The molecule has 0 spiro atoms. The third-order valence-electron chi connectivity index (χ3n) is 3.83. The van der Waals surface area contributed by atoms with E-state index in [1.807, 2.05) is 42.5 Å². The van der Waals surface area contributed by atoms with Crippen molar-refractivity contribution in [3.8, 4) is 5.75 Å². The predicted molar refractivity (Wildman–Crippen MR) is 98.3 cm³/mol. The molecule has 1 heterocycles. The van der Waals surface area contributed by atoms with Gasteiger partial charge in [-0.15, -0.1) is 0 Å². The number of nitrogens with one attached hydrogen (secondary N) is 1. The Morgan fingerprint density at radius 2 is 1.76 bits per heavy atom. The summed E-state index contributed by atoms with van der Waals surface area (Å²) >= 11 is 3.42. The average molecular weight is 401 g/mol. The first-order chi connectivity index (χ1) is 12.0. The molecule has 1 aliphatic rings. The van der Waals surface area contributed by atoms with E-state index in [2.05, 4.69) is 21.4 Å². The van der Waals surface area contributed by atoms with E-state index >= 15 is 0 Å². The van der Waals surface area contributed by atoms with E-state index in [0.29, 0.717) is 5.75 Å². The van der Waals surface area contributed by atoms with Crippen molar-refractivity contribution in [2.75, 3.05) is 0 Å². The molecule has 2 aromatic rings. The summed E-state index contributed by atoms with van der Waals surface area (Å²) < 4.78 is 6.25. The smallest absolute Gasteiger partial charge is 0.308 e.